The second-order valence-corrected chi connectivity index (χ2v) is 7.32. The van der Waals surface area contributed by atoms with Crippen LogP contribution in [0, 0.1) is 6.92 Å². The number of carbonyl (C=O) groups excluding carboxylic acids is 1. The molecule has 0 spiro atoms. The van der Waals surface area contributed by atoms with Gasteiger partial charge in [0.1, 0.15) is 0 Å². The van der Waals surface area contributed by atoms with Gasteiger partial charge in [-0.05, 0) is 37.3 Å². The number of hydrogen-bond donors (Lipinski definition) is 0. The summed E-state index contributed by atoms with van der Waals surface area (Å²) in [7, 11) is 0. The van der Waals surface area contributed by atoms with E-state index in [4.69, 9.17) is 0 Å². The number of carbonyl (C=O) groups is 1. The highest BCUT2D eigenvalue weighted by atomic mass is 32.1. The Balaban J connectivity index is 1.65. The van der Waals surface area contributed by atoms with E-state index in [2.05, 4.69) is 34.1 Å². The molecule has 4 heterocycles. The standard InChI is InChI=1S/C19H17N5OS/c1-14-6-7-16(26-14)13-23(12-15-5-2-3-8-20-15)19(25)17-11-18-21-9-4-10-24(18)22-17/h2-11H,12-13H2,1H3. The van der Waals surface area contributed by atoms with Gasteiger partial charge in [0.25, 0.3) is 5.91 Å². The number of thiophene rings is 1. The van der Waals surface area contributed by atoms with Crippen molar-refractivity contribution in [1.29, 1.82) is 0 Å². The molecule has 0 bridgehead atoms. The van der Waals surface area contributed by atoms with Crippen molar-refractivity contribution in [3.05, 3.63) is 82.2 Å². The highest BCUT2D eigenvalue weighted by Crippen LogP contribution is 2.20. The van der Waals surface area contributed by atoms with Crippen molar-refractivity contribution in [3.8, 4) is 0 Å². The fraction of sp³-hybridized carbons (Fsp3) is 0.158. The summed E-state index contributed by atoms with van der Waals surface area (Å²) in [4.78, 5) is 25.8. The smallest absolute Gasteiger partial charge is 0.275 e. The highest BCUT2D eigenvalue weighted by molar-refractivity contribution is 7.11. The third kappa shape index (κ3) is 3.48. The minimum atomic E-state index is -0.132. The van der Waals surface area contributed by atoms with Gasteiger partial charge >= 0.3 is 0 Å². The van der Waals surface area contributed by atoms with E-state index in [0.717, 1.165) is 10.6 Å². The fourth-order valence-corrected chi connectivity index (χ4v) is 3.65. The first-order chi connectivity index (χ1) is 12.7. The number of rotatable bonds is 5. The minimum absolute atomic E-state index is 0.132. The Kier molecular flexibility index (Phi) is 4.45. The summed E-state index contributed by atoms with van der Waals surface area (Å²) < 4.78 is 1.61. The number of pyridine rings is 1. The summed E-state index contributed by atoms with van der Waals surface area (Å²) in [5.74, 6) is -0.132. The van der Waals surface area contributed by atoms with E-state index < -0.39 is 0 Å². The summed E-state index contributed by atoms with van der Waals surface area (Å²) in [6.07, 6.45) is 5.21. The van der Waals surface area contributed by atoms with Gasteiger partial charge in [-0.25, -0.2) is 9.50 Å². The molecule has 6 nitrogen and oxygen atoms in total. The Bertz CT molecular complexity index is 1010. The third-order valence-corrected chi connectivity index (χ3v) is 4.95. The maximum Gasteiger partial charge on any atom is 0.275 e. The molecule has 0 aliphatic rings. The molecule has 0 aliphatic carbocycles. The van der Waals surface area contributed by atoms with Gasteiger partial charge in [0.15, 0.2) is 11.3 Å². The quantitative estimate of drug-likeness (QED) is 0.546. The molecule has 0 aliphatic heterocycles. The molecule has 0 N–H and O–H groups in total. The van der Waals surface area contributed by atoms with Gasteiger partial charge < -0.3 is 4.90 Å². The van der Waals surface area contributed by atoms with Crippen molar-refractivity contribution in [2.45, 2.75) is 20.0 Å². The van der Waals surface area contributed by atoms with Gasteiger partial charge in [-0.1, -0.05) is 6.07 Å². The normalized spacial score (nSPS) is 11.0. The Hall–Kier alpha value is -3.06. The summed E-state index contributed by atoms with van der Waals surface area (Å²) in [5, 5.41) is 4.37. The van der Waals surface area contributed by atoms with E-state index in [-0.39, 0.29) is 5.91 Å². The van der Waals surface area contributed by atoms with Gasteiger partial charge in [0.05, 0.1) is 18.8 Å². The topological polar surface area (TPSA) is 63.4 Å². The van der Waals surface area contributed by atoms with Gasteiger partial charge in [-0.3, -0.25) is 9.78 Å². The molecule has 4 aromatic heterocycles. The summed E-state index contributed by atoms with van der Waals surface area (Å²) in [6.45, 7) is 3.01. The van der Waals surface area contributed by atoms with Crippen molar-refractivity contribution in [2.24, 2.45) is 0 Å². The van der Waals surface area contributed by atoms with Crippen molar-refractivity contribution in [1.82, 2.24) is 24.5 Å². The maximum absolute atomic E-state index is 13.1. The van der Waals surface area contributed by atoms with E-state index in [0.29, 0.717) is 24.4 Å². The lowest BCUT2D eigenvalue weighted by Gasteiger charge is -2.20. The first kappa shape index (κ1) is 16.4. The van der Waals surface area contributed by atoms with E-state index in [1.165, 1.54) is 4.88 Å². The maximum atomic E-state index is 13.1. The lowest BCUT2D eigenvalue weighted by atomic mass is 10.2. The number of amides is 1. The zero-order valence-electron chi connectivity index (χ0n) is 14.2. The lowest BCUT2D eigenvalue weighted by Crippen LogP contribution is -2.30. The van der Waals surface area contributed by atoms with Crippen LogP contribution >= 0.6 is 11.3 Å². The molecule has 4 rings (SSSR count). The van der Waals surface area contributed by atoms with Crippen LogP contribution in [0.2, 0.25) is 0 Å². The zero-order chi connectivity index (χ0) is 17.9. The predicted molar refractivity (Wildman–Crippen MR) is 99.9 cm³/mol. The number of nitrogens with zero attached hydrogens (tertiary/aromatic N) is 5. The number of aryl methyl sites for hydroxylation is 1. The minimum Gasteiger partial charge on any atom is -0.326 e. The molecule has 0 saturated heterocycles. The second-order valence-electron chi connectivity index (χ2n) is 5.95. The average molecular weight is 363 g/mol. The van der Waals surface area contributed by atoms with E-state index >= 15 is 0 Å². The van der Waals surface area contributed by atoms with Crippen LogP contribution in [0.1, 0.15) is 25.9 Å². The summed E-state index contributed by atoms with van der Waals surface area (Å²) in [6, 6.07) is 13.3. The molecule has 0 radical (unpaired) electrons. The SMILES string of the molecule is Cc1ccc(CN(Cc2ccccn2)C(=O)c2cc3ncccn3n2)s1. The van der Waals surface area contributed by atoms with E-state index in [1.54, 1.807) is 51.5 Å². The molecule has 0 fully saturated rings. The molecule has 0 atom stereocenters. The van der Waals surface area contributed by atoms with Crippen LogP contribution in [0.15, 0.2) is 61.1 Å². The molecule has 0 unspecified atom stereocenters. The zero-order valence-corrected chi connectivity index (χ0v) is 15.1. The molecule has 26 heavy (non-hydrogen) atoms. The van der Waals surface area contributed by atoms with Gasteiger partial charge in [0.2, 0.25) is 0 Å². The predicted octanol–water partition coefficient (Wildman–Crippen LogP) is 3.34. The van der Waals surface area contributed by atoms with Crippen molar-refractivity contribution in [2.75, 3.05) is 0 Å². The van der Waals surface area contributed by atoms with Crippen LogP contribution in [0.25, 0.3) is 5.65 Å². The molecular formula is C19H17N5OS. The summed E-state index contributed by atoms with van der Waals surface area (Å²) >= 11 is 1.69. The molecule has 4 aromatic rings. The molecule has 1 amide bonds. The number of fused-ring (bicyclic) bond motifs is 1. The van der Waals surface area contributed by atoms with E-state index in [9.17, 15) is 4.79 Å². The monoisotopic (exact) mass is 363 g/mol. The first-order valence-electron chi connectivity index (χ1n) is 8.24. The Morgan fingerprint density at radius 3 is 2.73 bits per heavy atom. The van der Waals surface area contributed by atoms with Gasteiger partial charge in [-0.2, -0.15) is 5.10 Å². The van der Waals surface area contributed by atoms with Crippen molar-refractivity contribution in [3.63, 3.8) is 0 Å². The van der Waals surface area contributed by atoms with Crippen LogP contribution in [0.3, 0.4) is 0 Å². The van der Waals surface area contributed by atoms with Crippen LogP contribution in [-0.4, -0.2) is 30.4 Å². The van der Waals surface area contributed by atoms with Crippen LogP contribution < -0.4 is 0 Å². The number of aromatic nitrogens is 4. The van der Waals surface area contributed by atoms with Crippen LogP contribution in [0.5, 0.6) is 0 Å². The average Bonchev–Trinajstić information content (AvgIpc) is 3.27. The largest absolute Gasteiger partial charge is 0.326 e. The molecular weight excluding hydrogens is 346 g/mol. The van der Waals surface area contributed by atoms with Crippen LogP contribution in [-0.2, 0) is 13.1 Å². The molecule has 7 heteroatoms. The Labute approximate surface area is 154 Å². The first-order valence-corrected chi connectivity index (χ1v) is 9.05. The number of hydrogen-bond acceptors (Lipinski definition) is 5. The lowest BCUT2D eigenvalue weighted by molar-refractivity contribution is 0.0723. The van der Waals surface area contributed by atoms with Crippen molar-refractivity contribution < 1.29 is 4.79 Å². The molecule has 130 valence electrons. The van der Waals surface area contributed by atoms with Gasteiger partial charge in [-0.15, -0.1) is 11.3 Å². The third-order valence-electron chi connectivity index (χ3n) is 3.96. The molecule has 0 saturated carbocycles. The van der Waals surface area contributed by atoms with Crippen molar-refractivity contribution >= 4 is 22.9 Å². The van der Waals surface area contributed by atoms with Crippen LogP contribution in [0.4, 0.5) is 0 Å². The molecule has 0 aromatic carbocycles. The summed E-state index contributed by atoms with van der Waals surface area (Å²) in [5.41, 5.74) is 1.88. The Morgan fingerprint density at radius 1 is 1.12 bits per heavy atom. The highest BCUT2D eigenvalue weighted by Gasteiger charge is 2.21. The van der Waals surface area contributed by atoms with E-state index in [1.807, 2.05) is 18.2 Å². The Morgan fingerprint density at radius 2 is 2.00 bits per heavy atom. The second kappa shape index (κ2) is 7.05. The fourth-order valence-electron chi connectivity index (χ4n) is 2.74. The van der Waals surface area contributed by atoms with Gasteiger partial charge in [0, 0.05) is 34.4 Å².